The van der Waals surface area contributed by atoms with Crippen LogP contribution in [0.2, 0.25) is 0 Å². The lowest BCUT2D eigenvalue weighted by atomic mass is 10.1. The number of rotatable bonds is 2. The van der Waals surface area contributed by atoms with Gasteiger partial charge in [0.1, 0.15) is 0 Å². The van der Waals surface area contributed by atoms with Gasteiger partial charge in [0.15, 0.2) is 0 Å². The molecule has 0 spiro atoms. The molecular weight excluding hydrogens is 228 g/mol. The Hall–Kier alpha value is -1.55. The zero-order valence-electron chi connectivity index (χ0n) is 10.5. The summed E-state index contributed by atoms with van der Waals surface area (Å²) in [5.74, 6) is 0.0663. The van der Waals surface area contributed by atoms with Crippen LogP contribution in [0.15, 0.2) is 18.2 Å². The maximum absolute atomic E-state index is 12.1. The Balaban J connectivity index is 1.67. The van der Waals surface area contributed by atoms with E-state index in [0.717, 1.165) is 25.1 Å². The van der Waals surface area contributed by atoms with Crippen LogP contribution in [-0.4, -0.2) is 25.2 Å². The number of anilines is 2. The lowest BCUT2D eigenvalue weighted by molar-refractivity contribution is -0.119. The van der Waals surface area contributed by atoms with E-state index < -0.39 is 0 Å². The predicted octanol–water partition coefficient (Wildman–Crippen LogP) is 2.02. The molecule has 1 amide bonds. The van der Waals surface area contributed by atoms with Gasteiger partial charge in [0.05, 0.1) is 18.6 Å². The molecule has 2 aliphatic rings. The number of hydrogen-bond donors (Lipinski definition) is 2. The first-order valence-electron chi connectivity index (χ1n) is 6.51. The van der Waals surface area contributed by atoms with E-state index in [2.05, 4.69) is 16.7 Å². The number of nitrogens with one attached hydrogen (secondary N) is 2. The Morgan fingerprint density at radius 1 is 1.50 bits per heavy atom. The van der Waals surface area contributed by atoms with Crippen LogP contribution >= 0.6 is 0 Å². The second-order valence-corrected chi connectivity index (χ2v) is 5.11. The third kappa shape index (κ3) is 2.20. The Bertz CT molecular complexity index is 473. The van der Waals surface area contributed by atoms with Gasteiger partial charge in [0, 0.05) is 17.9 Å². The van der Waals surface area contributed by atoms with Crippen molar-refractivity contribution in [1.29, 1.82) is 0 Å². The monoisotopic (exact) mass is 246 g/mol. The summed E-state index contributed by atoms with van der Waals surface area (Å²) in [4.78, 5) is 12.1. The maximum atomic E-state index is 12.1. The molecule has 0 radical (unpaired) electrons. The molecule has 0 aliphatic carbocycles. The zero-order chi connectivity index (χ0) is 12.5. The topological polar surface area (TPSA) is 50.4 Å². The van der Waals surface area contributed by atoms with E-state index in [0.29, 0.717) is 6.61 Å². The van der Waals surface area contributed by atoms with Gasteiger partial charge in [0.2, 0.25) is 5.91 Å². The quantitative estimate of drug-likeness (QED) is 0.839. The van der Waals surface area contributed by atoms with Gasteiger partial charge >= 0.3 is 0 Å². The molecule has 2 heterocycles. The molecule has 1 aromatic carbocycles. The predicted molar refractivity (Wildman–Crippen MR) is 70.8 cm³/mol. The third-order valence-electron chi connectivity index (χ3n) is 3.65. The Morgan fingerprint density at radius 3 is 3.17 bits per heavy atom. The van der Waals surface area contributed by atoms with Gasteiger partial charge in [-0.2, -0.15) is 0 Å². The van der Waals surface area contributed by atoms with E-state index in [1.165, 1.54) is 11.3 Å². The lowest BCUT2D eigenvalue weighted by Gasteiger charge is -2.10. The first-order chi connectivity index (χ1) is 8.72. The Labute approximate surface area is 107 Å². The molecule has 4 heteroatoms. The molecule has 4 nitrogen and oxygen atoms in total. The fourth-order valence-corrected chi connectivity index (χ4v) is 2.63. The average molecular weight is 246 g/mol. The molecule has 96 valence electrons. The number of carbonyl (C=O) groups is 1. The van der Waals surface area contributed by atoms with E-state index in [4.69, 9.17) is 4.74 Å². The normalized spacial score (nSPS) is 25.6. The van der Waals surface area contributed by atoms with Gasteiger partial charge < -0.3 is 15.4 Å². The van der Waals surface area contributed by atoms with Gasteiger partial charge in [-0.1, -0.05) is 0 Å². The summed E-state index contributed by atoms with van der Waals surface area (Å²) in [6.45, 7) is 3.54. The van der Waals surface area contributed by atoms with E-state index in [-0.39, 0.29) is 17.9 Å². The summed E-state index contributed by atoms with van der Waals surface area (Å²) in [6.07, 6.45) is 2.05. The third-order valence-corrected chi connectivity index (χ3v) is 3.65. The molecular formula is C14H18N2O2. The molecule has 0 saturated carbocycles. The van der Waals surface area contributed by atoms with E-state index in [1.54, 1.807) is 0 Å². The van der Waals surface area contributed by atoms with Crippen molar-refractivity contribution in [2.75, 3.05) is 23.8 Å². The number of amides is 1. The van der Waals surface area contributed by atoms with Crippen molar-refractivity contribution < 1.29 is 9.53 Å². The molecule has 3 rings (SSSR count). The molecule has 0 aromatic heterocycles. The van der Waals surface area contributed by atoms with Crippen molar-refractivity contribution in [3.63, 3.8) is 0 Å². The standard InChI is InChI=1S/C14H18N2O2/c1-9-6-11(8-18-9)14(17)16-12-2-3-13-10(7-12)4-5-15-13/h2-3,7,9,11,15H,4-6,8H2,1H3,(H,16,17). The lowest BCUT2D eigenvalue weighted by Crippen LogP contribution is -2.23. The first-order valence-corrected chi connectivity index (χ1v) is 6.51. The molecule has 1 aromatic rings. The largest absolute Gasteiger partial charge is 0.384 e. The summed E-state index contributed by atoms with van der Waals surface area (Å²) >= 11 is 0. The molecule has 1 fully saturated rings. The van der Waals surface area contributed by atoms with E-state index in [9.17, 15) is 4.79 Å². The first kappa shape index (κ1) is 11.5. The minimum Gasteiger partial charge on any atom is -0.384 e. The van der Waals surface area contributed by atoms with Crippen LogP contribution in [0.25, 0.3) is 0 Å². The molecule has 2 atom stereocenters. The van der Waals surface area contributed by atoms with Gasteiger partial charge in [0.25, 0.3) is 0 Å². The van der Waals surface area contributed by atoms with Gasteiger partial charge in [-0.25, -0.2) is 0 Å². The Morgan fingerprint density at radius 2 is 2.39 bits per heavy atom. The SMILES string of the molecule is CC1CC(C(=O)Nc2ccc3c(c2)CCN3)CO1. The maximum Gasteiger partial charge on any atom is 0.229 e. The molecule has 1 saturated heterocycles. The fourth-order valence-electron chi connectivity index (χ4n) is 2.63. The second-order valence-electron chi connectivity index (χ2n) is 5.11. The number of fused-ring (bicyclic) bond motifs is 1. The van der Waals surface area contributed by atoms with Gasteiger partial charge in [-0.3, -0.25) is 4.79 Å². The van der Waals surface area contributed by atoms with Crippen molar-refractivity contribution in [2.24, 2.45) is 5.92 Å². The van der Waals surface area contributed by atoms with Crippen LogP contribution in [0.5, 0.6) is 0 Å². The molecule has 18 heavy (non-hydrogen) atoms. The van der Waals surface area contributed by atoms with Crippen molar-refractivity contribution in [3.8, 4) is 0 Å². The minimum atomic E-state index is -0.00798. The smallest absolute Gasteiger partial charge is 0.229 e. The number of ether oxygens (including phenoxy) is 1. The van der Waals surface area contributed by atoms with Crippen molar-refractivity contribution in [2.45, 2.75) is 25.9 Å². The van der Waals surface area contributed by atoms with Crippen LogP contribution in [-0.2, 0) is 16.0 Å². The molecule has 2 aliphatic heterocycles. The molecule has 2 N–H and O–H groups in total. The van der Waals surface area contributed by atoms with E-state index in [1.807, 2.05) is 19.1 Å². The van der Waals surface area contributed by atoms with Crippen molar-refractivity contribution in [1.82, 2.24) is 0 Å². The highest BCUT2D eigenvalue weighted by atomic mass is 16.5. The number of benzene rings is 1. The molecule has 0 bridgehead atoms. The Kier molecular flexibility index (Phi) is 2.96. The number of hydrogen-bond acceptors (Lipinski definition) is 3. The summed E-state index contributed by atoms with van der Waals surface area (Å²) in [6, 6.07) is 6.05. The van der Waals surface area contributed by atoms with Crippen LogP contribution in [0.3, 0.4) is 0 Å². The summed E-state index contributed by atoms with van der Waals surface area (Å²) < 4.78 is 5.43. The van der Waals surface area contributed by atoms with Gasteiger partial charge in [-0.05, 0) is 43.5 Å². The summed E-state index contributed by atoms with van der Waals surface area (Å²) in [5.41, 5.74) is 3.36. The van der Waals surface area contributed by atoms with Crippen LogP contribution in [0.1, 0.15) is 18.9 Å². The highest BCUT2D eigenvalue weighted by Crippen LogP contribution is 2.26. The van der Waals surface area contributed by atoms with Crippen LogP contribution in [0.4, 0.5) is 11.4 Å². The van der Waals surface area contributed by atoms with Crippen molar-refractivity contribution in [3.05, 3.63) is 23.8 Å². The fraction of sp³-hybridized carbons (Fsp3) is 0.500. The summed E-state index contributed by atoms with van der Waals surface area (Å²) in [7, 11) is 0. The second kappa shape index (κ2) is 4.61. The number of carbonyl (C=O) groups excluding carboxylic acids is 1. The van der Waals surface area contributed by atoms with Crippen molar-refractivity contribution >= 4 is 17.3 Å². The van der Waals surface area contributed by atoms with E-state index >= 15 is 0 Å². The highest BCUT2D eigenvalue weighted by Gasteiger charge is 2.28. The minimum absolute atomic E-state index is 0.00798. The van der Waals surface area contributed by atoms with Crippen LogP contribution < -0.4 is 10.6 Å². The molecule has 2 unspecified atom stereocenters. The summed E-state index contributed by atoms with van der Waals surface area (Å²) in [5, 5.41) is 6.30. The van der Waals surface area contributed by atoms with Gasteiger partial charge in [-0.15, -0.1) is 0 Å². The average Bonchev–Trinajstić information content (AvgIpc) is 2.96. The highest BCUT2D eigenvalue weighted by molar-refractivity contribution is 5.93. The van der Waals surface area contributed by atoms with Crippen LogP contribution in [0, 0.1) is 5.92 Å². The zero-order valence-corrected chi connectivity index (χ0v) is 10.5.